The molecule has 35 nitrogen and oxygen atoms in total. The van der Waals surface area contributed by atoms with Crippen molar-refractivity contribution in [3.8, 4) is 0 Å². The van der Waals surface area contributed by atoms with Crippen LogP contribution in [0.15, 0.2) is 0 Å². The normalized spacial score (nSPS) is 40.1. The van der Waals surface area contributed by atoms with E-state index in [2.05, 4.69) is 0 Å². The van der Waals surface area contributed by atoms with Crippen LogP contribution in [0.1, 0.15) is 145 Å². The molecule has 21 aliphatic heterocycles. The highest BCUT2D eigenvalue weighted by molar-refractivity contribution is 5.05. The summed E-state index contributed by atoms with van der Waals surface area (Å²) in [7, 11) is 0. The molecule has 700 valence electrons. The van der Waals surface area contributed by atoms with Crippen molar-refractivity contribution in [1.29, 1.82) is 0 Å². The van der Waals surface area contributed by atoms with Crippen LogP contribution in [0.3, 0.4) is 0 Å². The molecular weight excluding hydrogens is 1570 g/mol. The summed E-state index contributed by atoms with van der Waals surface area (Å²) in [5.74, 6) is 0. The summed E-state index contributed by atoms with van der Waals surface area (Å²) < 4.78 is 244. The Morgan fingerprint density at radius 2 is 0.227 bits per heavy atom. The number of rotatable bonds is 49. The van der Waals surface area contributed by atoms with Crippen molar-refractivity contribution >= 4 is 0 Å². The molecule has 119 heavy (non-hydrogen) atoms. The largest absolute Gasteiger partial charge is 0.379 e. The fraction of sp³-hybridized carbons (Fsp3) is 1.00. The van der Waals surface area contributed by atoms with E-state index in [0.717, 1.165) is 0 Å². The van der Waals surface area contributed by atoms with E-state index in [4.69, 9.17) is 166 Å². The molecule has 21 saturated heterocycles. The van der Waals surface area contributed by atoms with Gasteiger partial charge in [-0.1, -0.05) is 0 Å². The van der Waals surface area contributed by atoms with Crippen molar-refractivity contribution in [2.45, 2.75) is 360 Å². The molecule has 35 atom stereocenters. The molecule has 35 heteroatoms. The maximum Gasteiger partial charge on any atom is 0.187 e. The molecule has 0 radical (unpaired) electrons. The van der Waals surface area contributed by atoms with Crippen LogP contribution in [0.25, 0.3) is 0 Å². The Bertz CT molecular complexity index is 2120. The molecule has 0 aromatic carbocycles. The van der Waals surface area contributed by atoms with Crippen LogP contribution < -0.4 is 0 Å². The molecule has 0 saturated carbocycles. The SMILES string of the molecule is CCOCC1OC2OC3C(COCC)OC(OC4C(COCC)OC(OC5C(COCC)OC(OC6C(COCC)OC(OC7C(COCC)OC(OC8C(COCC)OC(OC1C(OCC)C2OCC)C(OCC)C8OCC)C(OCC)C7OCC)C(OCC)C6OCC)C(OCC)C5OCC)C(OCC)C4OCC)C(OCC)C3OCC. The van der Waals surface area contributed by atoms with Crippen LogP contribution in [0, 0.1) is 0 Å². The third kappa shape index (κ3) is 27.4. The van der Waals surface area contributed by atoms with Gasteiger partial charge in [-0.3, -0.25) is 0 Å². The summed E-state index contributed by atoms with van der Waals surface area (Å²) in [5, 5.41) is 0. The van der Waals surface area contributed by atoms with Crippen molar-refractivity contribution < 1.29 is 166 Å². The minimum Gasteiger partial charge on any atom is -0.379 e. The summed E-state index contributed by atoms with van der Waals surface area (Å²) >= 11 is 0. The third-order valence-electron chi connectivity index (χ3n) is 21.6. The molecule has 35 unspecified atom stereocenters. The number of hydrogen-bond donors (Lipinski definition) is 0. The predicted molar refractivity (Wildman–Crippen MR) is 426 cm³/mol. The summed E-state index contributed by atoms with van der Waals surface area (Å²) in [6, 6.07) is 0. The van der Waals surface area contributed by atoms with Gasteiger partial charge in [0.05, 0.1) is 46.2 Å². The molecule has 14 bridgehead atoms. The fourth-order valence-corrected chi connectivity index (χ4v) is 17.0. The molecule has 0 spiro atoms. The van der Waals surface area contributed by atoms with Crippen molar-refractivity contribution in [3.05, 3.63) is 0 Å². The fourth-order valence-electron chi connectivity index (χ4n) is 17.0. The third-order valence-corrected chi connectivity index (χ3v) is 21.6. The first-order valence-corrected chi connectivity index (χ1v) is 45.0. The Balaban J connectivity index is 1.36. The van der Waals surface area contributed by atoms with Gasteiger partial charge in [-0.05, 0) is 145 Å². The molecule has 0 aliphatic carbocycles. The highest BCUT2D eigenvalue weighted by atomic mass is 16.8. The Morgan fingerprint density at radius 3 is 0.319 bits per heavy atom. The quantitative estimate of drug-likeness (QED) is 0.0611. The first-order chi connectivity index (χ1) is 58.2. The van der Waals surface area contributed by atoms with Gasteiger partial charge in [0.15, 0.2) is 44.0 Å². The van der Waals surface area contributed by atoms with E-state index in [9.17, 15) is 0 Å². The van der Waals surface area contributed by atoms with E-state index in [0.29, 0.717) is 46.2 Å². The second-order valence-electron chi connectivity index (χ2n) is 29.0. The van der Waals surface area contributed by atoms with Gasteiger partial charge < -0.3 is 166 Å². The van der Waals surface area contributed by atoms with Crippen molar-refractivity contribution in [3.63, 3.8) is 0 Å². The molecule has 0 amide bonds. The van der Waals surface area contributed by atoms with Crippen LogP contribution in [0.2, 0.25) is 0 Å². The highest BCUT2D eigenvalue weighted by Crippen LogP contribution is 2.44. The molecule has 21 heterocycles. The highest BCUT2D eigenvalue weighted by Gasteiger charge is 2.63. The van der Waals surface area contributed by atoms with Crippen LogP contribution in [0.4, 0.5) is 0 Å². The Kier molecular flexibility index (Phi) is 48.6. The number of hydrogen-bond acceptors (Lipinski definition) is 35. The lowest BCUT2D eigenvalue weighted by atomic mass is 9.94. The lowest BCUT2D eigenvalue weighted by molar-refractivity contribution is -0.407. The van der Waals surface area contributed by atoms with Gasteiger partial charge in [0.2, 0.25) is 0 Å². The van der Waals surface area contributed by atoms with E-state index in [1.54, 1.807) is 0 Å². The first-order valence-electron chi connectivity index (χ1n) is 45.0. The lowest BCUT2D eigenvalue weighted by Gasteiger charge is -2.53. The summed E-state index contributed by atoms with van der Waals surface area (Å²) in [6.07, 6.45) is -35.7. The van der Waals surface area contributed by atoms with E-state index < -0.39 is 215 Å². The summed E-state index contributed by atoms with van der Waals surface area (Å²) in [5.41, 5.74) is 0. The summed E-state index contributed by atoms with van der Waals surface area (Å²) in [4.78, 5) is 0. The van der Waals surface area contributed by atoms with Crippen molar-refractivity contribution in [1.82, 2.24) is 0 Å². The molecule has 21 rings (SSSR count). The monoisotopic (exact) mass is 1720 g/mol. The molecule has 21 fully saturated rings. The molecule has 0 aromatic rings. The van der Waals surface area contributed by atoms with E-state index in [1.807, 2.05) is 145 Å². The first kappa shape index (κ1) is 103. The Morgan fingerprint density at radius 1 is 0.126 bits per heavy atom. The number of ether oxygens (including phenoxy) is 35. The lowest BCUT2D eigenvalue weighted by Crippen LogP contribution is -2.70. The molecule has 0 N–H and O–H groups in total. The standard InChI is InChI=1S/C84H154O35/c1-22-85-43-50-57-64(92-29-8)71(99-36-15)78(106-50)114-58-51(44-86-23-2)108-80(73(101-38-17)65(58)93-30-9)116-60-53(46-88-25-4)110-82(75(103-40-19)67(60)95-32-11)118-62-55(48-90-27-6)112-84(77(105-42-21)69(62)97-34-13)119-63-56(49-91-28-7)111-83(76(104-41-20)70(63)98-35-14)117-61-54(47-89-26-5)109-81(74(102-39-18)68(61)96-33-12)115-59-52(45-87-24-3)107-79(113-57)72(100-37-16)66(59)94-31-10/h50-84H,22-49H2,1-21H3. The zero-order valence-corrected chi connectivity index (χ0v) is 75.3. The van der Waals surface area contributed by atoms with Gasteiger partial charge in [0, 0.05) is 139 Å². The van der Waals surface area contributed by atoms with Gasteiger partial charge in [-0.25, -0.2) is 0 Å². The topological polar surface area (TPSA) is 323 Å². The molecular formula is C84H154O35. The predicted octanol–water partition coefficient (Wildman–Crippen LogP) is 6.70. The van der Waals surface area contributed by atoms with Crippen LogP contribution in [0.5, 0.6) is 0 Å². The minimum atomic E-state index is -1.22. The minimum absolute atomic E-state index is 0.00152. The van der Waals surface area contributed by atoms with Gasteiger partial charge in [-0.15, -0.1) is 0 Å². The average Bonchev–Trinajstić information content (AvgIpc) is 0.818. The Hall–Kier alpha value is -1.40. The second kappa shape index (κ2) is 56.1. The van der Waals surface area contributed by atoms with E-state index in [1.165, 1.54) is 0 Å². The average molecular weight is 1720 g/mol. The second-order valence-corrected chi connectivity index (χ2v) is 29.0. The van der Waals surface area contributed by atoms with Crippen LogP contribution >= 0.6 is 0 Å². The smallest absolute Gasteiger partial charge is 0.187 e. The zero-order chi connectivity index (χ0) is 85.8. The van der Waals surface area contributed by atoms with Crippen LogP contribution in [-0.2, 0) is 166 Å². The van der Waals surface area contributed by atoms with Gasteiger partial charge in [-0.2, -0.15) is 0 Å². The van der Waals surface area contributed by atoms with Gasteiger partial charge in [0.25, 0.3) is 0 Å². The maximum atomic E-state index is 7.47. The summed E-state index contributed by atoms with van der Waals surface area (Å²) in [6.45, 7) is 44.9. The van der Waals surface area contributed by atoms with E-state index >= 15 is 0 Å². The van der Waals surface area contributed by atoms with Crippen molar-refractivity contribution in [2.24, 2.45) is 0 Å². The molecule has 21 aliphatic rings. The van der Waals surface area contributed by atoms with Gasteiger partial charge >= 0.3 is 0 Å². The zero-order valence-electron chi connectivity index (χ0n) is 75.3. The van der Waals surface area contributed by atoms with Crippen molar-refractivity contribution in [2.75, 3.05) is 185 Å². The van der Waals surface area contributed by atoms with Crippen LogP contribution in [-0.4, -0.2) is 400 Å². The maximum absolute atomic E-state index is 7.47. The molecule has 0 aromatic heterocycles. The Labute approximate surface area is 708 Å². The van der Waals surface area contributed by atoms with E-state index in [-0.39, 0.29) is 139 Å². The van der Waals surface area contributed by atoms with Gasteiger partial charge in [0.1, 0.15) is 171 Å².